The van der Waals surface area contributed by atoms with E-state index in [-0.39, 0.29) is 23.2 Å². The van der Waals surface area contributed by atoms with E-state index in [0.29, 0.717) is 22.6 Å². The number of anilines is 1. The largest absolute Gasteiger partial charge is 0.345 e. The Morgan fingerprint density at radius 3 is 2.50 bits per heavy atom. The van der Waals surface area contributed by atoms with Gasteiger partial charge in [-0.2, -0.15) is 0 Å². The van der Waals surface area contributed by atoms with Crippen molar-refractivity contribution in [2.24, 2.45) is 7.05 Å². The van der Waals surface area contributed by atoms with Crippen molar-refractivity contribution in [1.29, 1.82) is 4.78 Å². The summed E-state index contributed by atoms with van der Waals surface area (Å²) >= 11 is 0. The van der Waals surface area contributed by atoms with Crippen LogP contribution in [0.3, 0.4) is 0 Å². The molecule has 0 aliphatic carbocycles. The molecule has 2 aromatic carbocycles. The molecule has 0 saturated heterocycles. The summed E-state index contributed by atoms with van der Waals surface area (Å²) in [6.07, 6.45) is 7.65. The molecule has 2 atom stereocenters. The zero-order valence-corrected chi connectivity index (χ0v) is 19.0. The van der Waals surface area contributed by atoms with E-state index in [1.54, 1.807) is 36.0 Å². The van der Waals surface area contributed by atoms with Crippen molar-refractivity contribution in [2.45, 2.75) is 30.2 Å². The lowest BCUT2D eigenvalue weighted by atomic mass is 10.0. The van der Waals surface area contributed by atoms with Crippen LogP contribution >= 0.6 is 0 Å². The van der Waals surface area contributed by atoms with Crippen LogP contribution in [0.15, 0.2) is 53.6 Å². The second-order valence-corrected chi connectivity index (χ2v) is 9.27. The van der Waals surface area contributed by atoms with Crippen LogP contribution in [0.5, 0.6) is 0 Å². The summed E-state index contributed by atoms with van der Waals surface area (Å²) in [6, 6.07) is 7.68. The monoisotopic (exact) mass is 490 g/mol. The second-order valence-electron chi connectivity index (χ2n) is 7.98. The molecule has 0 saturated carbocycles. The Morgan fingerprint density at radius 2 is 1.82 bits per heavy atom. The first kappa shape index (κ1) is 23.9. The number of carbonyl (C=O) groups is 1. The molecule has 34 heavy (non-hydrogen) atoms. The Morgan fingerprint density at radius 1 is 1.15 bits per heavy atom. The predicted octanol–water partition coefficient (Wildman–Crippen LogP) is 5.50. The highest BCUT2D eigenvalue weighted by Crippen LogP contribution is 2.27. The van der Waals surface area contributed by atoms with Gasteiger partial charge in [0, 0.05) is 42.7 Å². The number of carbonyl (C=O) groups excluding carboxylic acids is 1. The minimum atomic E-state index is -1.61. The van der Waals surface area contributed by atoms with Crippen molar-refractivity contribution < 1.29 is 22.4 Å². The predicted molar refractivity (Wildman–Crippen MR) is 123 cm³/mol. The van der Waals surface area contributed by atoms with Crippen molar-refractivity contribution in [2.75, 3.05) is 5.32 Å². The number of nitrogens with zero attached hydrogens (tertiary/aromatic N) is 1. The van der Waals surface area contributed by atoms with Gasteiger partial charge in [0.25, 0.3) is 5.91 Å². The molecule has 1 aromatic heterocycles. The van der Waals surface area contributed by atoms with E-state index in [4.69, 9.17) is 4.78 Å². The van der Waals surface area contributed by atoms with Gasteiger partial charge < -0.3 is 9.88 Å². The molecule has 3 aromatic rings. The van der Waals surface area contributed by atoms with E-state index in [9.17, 15) is 22.4 Å². The number of fused-ring (bicyclic) bond motifs is 1. The molecule has 0 fully saturated rings. The summed E-state index contributed by atoms with van der Waals surface area (Å²) in [5.41, 5.74) is 1.57. The molecule has 1 aliphatic heterocycles. The number of rotatable bonds is 6. The Bertz CT molecular complexity index is 1260. The smallest absolute Gasteiger partial charge is 0.272 e. The molecule has 1 aliphatic rings. The van der Waals surface area contributed by atoms with Gasteiger partial charge in [-0.15, -0.1) is 0 Å². The van der Waals surface area contributed by atoms with Gasteiger partial charge in [0.1, 0.15) is 11.5 Å². The Labute approximate surface area is 196 Å². The van der Waals surface area contributed by atoms with Gasteiger partial charge in [-0.3, -0.25) is 9.57 Å². The highest BCUT2D eigenvalue weighted by molar-refractivity contribution is 7.84. The zero-order valence-electron chi connectivity index (χ0n) is 18.2. The SMILES string of the molecule is Cn1cc2c(c1C(=O)Nc1cc(F)c(F)c(F)c1)C=CC(CCCc1ccc(F)cc1)NS2=N. The van der Waals surface area contributed by atoms with E-state index in [1.165, 1.54) is 12.1 Å². The molecule has 2 unspecified atom stereocenters. The summed E-state index contributed by atoms with van der Waals surface area (Å²) in [7, 11) is 0.530. The van der Waals surface area contributed by atoms with Crippen LogP contribution < -0.4 is 10.0 Å². The summed E-state index contributed by atoms with van der Waals surface area (Å²) in [6.45, 7) is 0. The Hall–Kier alpha value is -3.24. The third-order valence-electron chi connectivity index (χ3n) is 5.52. The highest BCUT2D eigenvalue weighted by Gasteiger charge is 2.24. The maximum atomic E-state index is 13.5. The fraction of sp³-hybridized carbons (Fsp3) is 0.208. The number of hydrogen-bond donors (Lipinski definition) is 3. The molecule has 5 nitrogen and oxygen atoms in total. The van der Waals surface area contributed by atoms with Crippen LogP contribution in [0.4, 0.5) is 23.2 Å². The molecule has 1 amide bonds. The number of amides is 1. The van der Waals surface area contributed by atoms with E-state index >= 15 is 0 Å². The van der Waals surface area contributed by atoms with Crippen LogP contribution in [0.1, 0.15) is 34.5 Å². The summed E-state index contributed by atoms with van der Waals surface area (Å²) in [5, 5.41) is 2.40. The zero-order chi connectivity index (χ0) is 24.4. The van der Waals surface area contributed by atoms with Gasteiger partial charge in [0.05, 0.1) is 4.90 Å². The number of hydrogen-bond acceptors (Lipinski definition) is 2. The number of aromatic nitrogens is 1. The fourth-order valence-corrected chi connectivity index (χ4v) is 5.11. The van der Waals surface area contributed by atoms with Gasteiger partial charge in [0.15, 0.2) is 17.5 Å². The van der Waals surface area contributed by atoms with E-state index in [0.717, 1.165) is 24.8 Å². The first-order chi connectivity index (χ1) is 16.2. The third-order valence-corrected chi connectivity index (χ3v) is 6.82. The maximum Gasteiger partial charge on any atom is 0.272 e. The average molecular weight is 491 g/mol. The van der Waals surface area contributed by atoms with Crippen molar-refractivity contribution in [3.63, 3.8) is 0 Å². The van der Waals surface area contributed by atoms with Crippen molar-refractivity contribution in [3.8, 4) is 0 Å². The Balaban J connectivity index is 1.49. The number of halogens is 4. The summed E-state index contributed by atoms with van der Waals surface area (Å²) < 4.78 is 66.7. The van der Waals surface area contributed by atoms with Crippen LogP contribution in [0, 0.1) is 28.0 Å². The first-order valence-electron chi connectivity index (χ1n) is 10.5. The van der Waals surface area contributed by atoms with Gasteiger partial charge >= 0.3 is 0 Å². The van der Waals surface area contributed by atoms with Crippen molar-refractivity contribution in [3.05, 3.63) is 88.8 Å². The summed E-state index contributed by atoms with van der Waals surface area (Å²) in [4.78, 5) is 13.5. The second kappa shape index (κ2) is 9.94. The molecule has 178 valence electrons. The van der Waals surface area contributed by atoms with Crippen molar-refractivity contribution in [1.82, 2.24) is 9.29 Å². The van der Waals surface area contributed by atoms with Crippen LogP contribution in [-0.2, 0) is 24.3 Å². The first-order valence-corrected chi connectivity index (χ1v) is 11.7. The van der Waals surface area contributed by atoms with Gasteiger partial charge in [0.2, 0.25) is 0 Å². The molecular formula is C24H22F4N4OS. The number of aryl methyl sites for hydroxylation is 2. The van der Waals surface area contributed by atoms with E-state index in [2.05, 4.69) is 10.0 Å². The molecular weight excluding hydrogens is 468 g/mol. The fourth-order valence-electron chi connectivity index (χ4n) is 3.84. The maximum absolute atomic E-state index is 13.5. The Kier molecular flexibility index (Phi) is 6.99. The number of benzene rings is 2. The molecule has 0 bridgehead atoms. The van der Waals surface area contributed by atoms with Gasteiger partial charge in [-0.25, -0.2) is 22.3 Å². The van der Waals surface area contributed by atoms with Gasteiger partial charge in [-0.1, -0.05) is 24.3 Å². The molecule has 3 N–H and O–H groups in total. The van der Waals surface area contributed by atoms with Gasteiger partial charge in [-0.05, 0) is 47.8 Å². The molecule has 2 heterocycles. The lowest BCUT2D eigenvalue weighted by molar-refractivity contribution is 0.101. The molecule has 0 radical (unpaired) electrons. The van der Waals surface area contributed by atoms with Crippen LogP contribution in [0.2, 0.25) is 0 Å². The minimum Gasteiger partial charge on any atom is -0.345 e. The van der Waals surface area contributed by atoms with Crippen molar-refractivity contribution >= 4 is 28.5 Å². The molecule has 4 rings (SSSR count). The quantitative estimate of drug-likeness (QED) is 0.316. The highest BCUT2D eigenvalue weighted by atomic mass is 32.2. The third kappa shape index (κ3) is 5.13. The normalized spacial score (nSPS) is 17.3. The standard InChI is InChI=1S/C24H22F4N4OS/c1-32-13-21-18(23(32)24(33)30-17-11-19(26)22(28)20(27)12-17)10-9-16(31-34(21)29)4-2-3-14-5-7-15(25)8-6-14/h5-13,16H,2-4H2,1H3,(H2,29,31)(H,30,33). The van der Waals surface area contributed by atoms with E-state index < -0.39 is 34.2 Å². The molecule has 10 heteroatoms. The average Bonchev–Trinajstić information content (AvgIpc) is 3.05. The summed E-state index contributed by atoms with van der Waals surface area (Å²) in [5.74, 6) is -5.32. The minimum absolute atomic E-state index is 0.102. The number of nitrogens with one attached hydrogen (secondary N) is 3. The topological polar surface area (TPSA) is 69.9 Å². The lowest BCUT2D eigenvalue weighted by Crippen LogP contribution is -2.27. The lowest BCUT2D eigenvalue weighted by Gasteiger charge is -2.14. The van der Waals surface area contributed by atoms with Crippen LogP contribution in [-0.4, -0.2) is 16.5 Å². The van der Waals surface area contributed by atoms with E-state index in [1.807, 2.05) is 6.08 Å². The van der Waals surface area contributed by atoms with Crippen LogP contribution in [0.25, 0.3) is 6.08 Å². The molecule has 0 spiro atoms.